The molecule has 0 radical (unpaired) electrons. The topological polar surface area (TPSA) is 46.5 Å². The Bertz CT molecular complexity index is 516. The third-order valence-corrected chi connectivity index (χ3v) is 9.01. The monoisotopic (exact) mass is 502 g/mol. The van der Waals surface area contributed by atoms with Gasteiger partial charge in [0, 0.05) is 6.42 Å². The van der Waals surface area contributed by atoms with Gasteiger partial charge in [0.1, 0.15) is 0 Å². The van der Waals surface area contributed by atoms with E-state index in [1.54, 1.807) is 0 Å². The zero-order chi connectivity index (χ0) is 25.5. The average molecular weight is 503 g/mol. The minimum atomic E-state index is -3.57. The summed E-state index contributed by atoms with van der Waals surface area (Å²) in [6.07, 6.45) is 29.8. The van der Waals surface area contributed by atoms with Crippen LogP contribution >= 0.6 is 7.60 Å². The molecule has 0 aliphatic rings. The first kappa shape index (κ1) is 33.8. The zero-order valence-corrected chi connectivity index (χ0v) is 24.6. The maximum atomic E-state index is 12.7. The highest BCUT2D eigenvalue weighted by Crippen LogP contribution is 2.51. The summed E-state index contributed by atoms with van der Waals surface area (Å²) in [5.41, 5.74) is 0. The van der Waals surface area contributed by atoms with Crippen LogP contribution in [0.4, 0.5) is 0 Å². The van der Waals surface area contributed by atoms with Gasteiger partial charge in [0.05, 0.1) is 27.7 Å². The van der Waals surface area contributed by atoms with Crippen LogP contribution in [-0.2, 0) is 9.09 Å². The van der Waals surface area contributed by atoms with Gasteiger partial charge >= 0.3 is 7.60 Å². The normalized spacial score (nSPS) is 15.1. The predicted octanol–water partition coefficient (Wildman–Crippen LogP) is 9.62. The Hall–Kier alpha value is -0.150. The second-order valence-electron chi connectivity index (χ2n) is 11.1. The Kier molecular flexibility index (Phi) is 22.0. The fourth-order valence-electron chi connectivity index (χ4n) is 4.58. The lowest BCUT2D eigenvalue weighted by atomic mass is 10.0. The van der Waals surface area contributed by atoms with Crippen LogP contribution in [0.2, 0.25) is 0 Å². The molecule has 0 saturated carbocycles. The van der Waals surface area contributed by atoms with Crippen LogP contribution in [0.5, 0.6) is 0 Å². The summed E-state index contributed by atoms with van der Waals surface area (Å²) >= 11 is 0. The number of rotatable bonds is 25. The Morgan fingerprint density at radius 2 is 1.09 bits per heavy atom. The van der Waals surface area contributed by atoms with E-state index < -0.39 is 7.60 Å². The lowest BCUT2D eigenvalue weighted by molar-refractivity contribution is -0.883. The van der Waals surface area contributed by atoms with E-state index in [9.17, 15) is 9.46 Å². The second kappa shape index (κ2) is 22.1. The molecule has 0 aliphatic carbocycles. The van der Waals surface area contributed by atoms with Gasteiger partial charge in [-0.3, -0.25) is 4.57 Å². The molecule has 0 amide bonds. The number of unbranched alkanes of at least 4 members (excludes halogenated alkanes) is 16. The van der Waals surface area contributed by atoms with Crippen molar-refractivity contribution in [3.05, 3.63) is 12.2 Å². The molecule has 0 bridgehead atoms. The van der Waals surface area contributed by atoms with Gasteiger partial charge in [-0.2, -0.15) is 0 Å². The standard InChI is InChI=1S/C29H60NO3P/c1-6-8-9-10-11-12-13-14-15-16-17-18-19-20-21-22-23-24-25-26-28-33-34(31,32)29(27-7-2)30(3,4)5/h11-12,29H,6-10,13-28H2,1-5H3/p+1/b12-11-. The van der Waals surface area contributed by atoms with Gasteiger partial charge in [0.15, 0.2) is 5.78 Å². The predicted molar refractivity (Wildman–Crippen MR) is 150 cm³/mol. The third-order valence-electron chi connectivity index (χ3n) is 6.75. The van der Waals surface area contributed by atoms with Gasteiger partial charge in [-0.1, -0.05) is 109 Å². The SMILES string of the molecule is CCCCC/C=C\CCCCCCCCCCCCCCCOP(=O)(O)C(CCC)[N+](C)(C)C. The summed E-state index contributed by atoms with van der Waals surface area (Å²) in [5.74, 6) is -0.334. The van der Waals surface area contributed by atoms with Crippen LogP contribution < -0.4 is 0 Å². The summed E-state index contributed by atoms with van der Waals surface area (Å²) in [7, 11) is 2.36. The first-order valence-electron chi connectivity index (χ1n) is 14.7. The molecule has 204 valence electrons. The van der Waals surface area contributed by atoms with Gasteiger partial charge < -0.3 is 13.9 Å². The molecule has 0 aromatic heterocycles. The Morgan fingerprint density at radius 3 is 1.50 bits per heavy atom. The maximum absolute atomic E-state index is 12.7. The molecule has 0 fully saturated rings. The molecule has 1 N–H and O–H groups in total. The largest absolute Gasteiger partial charge is 0.385 e. The van der Waals surface area contributed by atoms with Crippen molar-refractivity contribution in [3.63, 3.8) is 0 Å². The van der Waals surface area contributed by atoms with Gasteiger partial charge in [-0.05, 0) is 38.5 Å². The number of nitrogens with zero attached hydrogens (tertiary/aromatic N) is 1. The molecular formula is C29H61NO3P+. The molecule has 0 rings (SSSR count). The van der Waals surface area contributed by atoms with Gasteiger partial charge in [-0.25, -0.2) is 0 Å². The van der Waals surface area contributed by atoms with E-state index in [1.165, 1.54) is 103 Å². The lowest BCUT2D eigenvalue weighted by Gasteiger charge is -2.35. The maximum Gasteiger partial charge on any atom is 0.385 e. The summed E-state index contributed by atoms with van der Waals surface area (Å²) in [5, 5.41) is 0. The Balaban J connectivity index is 3.46. The lowest BCUT2D eigenvalue weighted by Crippen LogP contribution is -2.45. The van der Waals surface area contributed by atoms with E-state index in [-0.39, 0.29) is 5.78 Å². The number of hydrogen-bond acceptors (Lipinski definition) is 2. The highest BCUT2D eigenvalue weighted by molar-refractivity contribution is 7.53. The fourth-order valence-corrected chi connectivity index (χ4v) is 6.61. The molecule has 0 saturated heterocycles. The molecule has 0 heterocycles. The quantitative estimate of drug-likeness (QED) is 0.0585. The van der Waals surface area contributed by atoms with E-state index in [0.717, 1.165) is 19.3 Å². The van der Waals surface area contributed by atoms with Crippen molar-refractivity contribution in [2.75, 3.05) is 27.7 Å². The van der Waals surface area contributed by atoms with Crippen LogP contribution in [0.15, 0.2) is 12.2 Å². The van der Waals surface area contributed by atoms with Crippen molar-refractivity contribution in [3.8, 4) is 0 Å². The molecule has 0 aromatic carbocycles. The first-order chi connectivity index (χ1) is 16.3. The minimum absolute atomic E-state index is 0.334. The Morgan fingerprint density at radius 1 is 0.676 bits per heavy atom. The van der Waals surface area contributed by atoms with E-state index >= 15 is 0 Å². The second-order valence-corrected chi connectivity index (χ2v) is 13.1. The van der Waals surface area contributed by atoms with Gasteiger partial charge in [-0.15, -0.1) is 0 Å². The summed E-state index contributed by atoms with van der Waals surface area (Å²) < 4.78 is 18.6. The summed E-state index contributed by atoms with van der Waals surface area (Å²) in [6.45, 7) is 4.73. The molecule has 0 aromatic rings. The van der Waals surface area contributed by atoms with E-state index in [0.29, 0.717) is 17.5 Å². The van der Waals surface area contributed by atoms with Crippen molar-refractivity contribution in [1.29, 1.82) is 0 Å². The number of quaternary nitrogens is 1. The molecule has 4 nitrogen and oxygen atoms in total. The highest BCUT2D eigenvalue weighted by atomic mass is 31.2. The van der Waals surface area contributed by atoms with Crippen molar-refractivity contribution >= 4 is 7.60 Å². The molecule has 2 unspecified atom stereocenters. The van der Waals surface area contributed by atoms with Crippen LogP contribution in [-0.4, -0.2) is 42.9 Å². The van der Waals surface area contributed by atoms with Crippen LogP contribution in [0, 0.1) is 0 Å². The zero-order valence-electron chi connectivity index (χ0n) is 23.7. The fraction of sp³-hybridized carbons (Fsp3) is 0.931. The number of hydrogen-bond donors (Lipinski definition) is 1. The van der Waals surface area contributed by atoms with Crippen molar-refractivity contribution in [1.82, 2.24) is 0 Å². The first-order valence-corrected chi connectivity index (χ1v) is 16.3. The molecular weight excluding hydrogens is 441 g/mol. The van der Waals surface area contributed by atoms with Gasteiger partial charge in [0.2, 0.25) is 0 Å². The Labute approximate surface area is 214 Å². The van der Waals surface area contributed by atoms with Crippen LogP contribution in [0.3, 0.4) is 0 Å². The van der Waals surface area contributed by atoms with Crippen LogP contribution in [0.25, 0.3) is 0 Å². The molecule has 0 spiro atoms. The van der Waals surface area contributed by atoms with E-state index in [4.69, 9.17) is 4.52 Å². The highest BCUT2D eigenvalue weighted by Gasteiger charge is 2.41. The van der Waals surface area contributed by atoms with Crippen LogP contribution in [0.1, 0.15) is 142 Å². The minimum Gasteiger partial charge on any atom is -0.320 e. The molecule has 0 aliphatic heterocycles. The van der Waals surface area contributed by atoms with Gasteiger partial charge in [0.25, 0.3) is 0 Å². The molecule has 2 atom stereocenters. The van der Waals surface area contributed by atoms with E-state index in [2.05, 4.69) is 26.0 Å². The number of allylic oxidation sites excluding steroid dienone is 2. The third kappa shape index (κ3) is 20.1. The van der Waals surface area contributed by atoms with Crippen molar-refractivity contribution in [2.45, 2.75) is 148 Å². The van der Waals surface area contributed by atoms with Crippen molar-refractivity contribution < 1.29 is 18.5 Å². The van der Waals surface area contributed by atoms with E-state index in [1.807, 2.05) is 21.1 Å². The smallest absolute Gasteiger partial charge is 0.320 e. The summed E-state index contributed by atoms with van der Waals surface area (Å²) in [4.78, 5) is 10.4. The average Bonchev–Trinajstić information content (AvgIpc) is 2.77. The van der Waals surface area contributed by atoms with Crippen molar-refractivity contribution in [2.24, 2.45) is 0 Å². The summed E-state index contributed by atoms with van der Waals surface area (Å²) in [6, 6.07) is 0. The molecule has 34 heavy (non-hydrogen) atoms. The molecule has 5 heteroatoms.